The molecule has 2 N–H and O–H groups in total. The van der Waals surface area contributed by atoms with Crippen LogP contribution in [0, 0.1) is 26.6 Å². The molecular weight excluding hydrogens is 347 g/mol. The van der Waals surface area contributed by atoms with E-state index in [0.29, 0.717) is 19.0 Å². The minimum absolute atomic E-state index is 0.266. The lowest BCUT2D eigenvalue weighted by molar-refractivity contribution is 0.392. The van der Waals surface area contributed by atoms with E-state index in [1.807, 2.05) is 27.0 Å². The molecule has 142 valence electrons. The number of nitrogens with zero attached hydrogens (tertiary/aromatic N) is 4. The molecule has 0 fully saturated rings. The van der Waals surface area contributed by atoms with Gasteiger partial charge < -0.3 is 15.2 Å². The molecule has 0 unspecified atom stereocenters. The van der Waals surface area contributed by atoms with Crippen LogP contribution in [0.25, 0.3) is 5.69 Å². The Hall–Kier alpha value is -3.16. The van der Waals surface area contributed by atoms with Crippen molar-refractivity contribution in [1.29, 1.82) is 0 Å². The Kier molecular flexibility index (Phi) is 5.54. The van der Waals surface area contributed by atoms with Crippen LogP contribution >= 0.6 is 0 Å². The van der Waals surface area contributed by atoms with E-state index in [0.717, 1.165) is 34.0 Å². The number of hydrogen-bond acceptors (Lipinski definition) is 4. The van der Waals surface area contributed by atoms with Crippen LogP contribution in [0.1, 0.15) is 28.3 Å². The molecule has 3 aromatic rings. The highest BCUT2D eigenvalue weighted by atomic mass is 19.1. The number of aliphatic imine (C=N–C) groups is 1. The van der Waals surface area contributed by atoms with Crippen LogP contribution in [0.4, 0.5) is 4.39 Å². The average Bonchev–Trinajstić information content (AvgIpc) is 3.18. The number of aryl methyl sites for hydroxylation is 3. The number of guanidine groups is 1. The number of benzene rings is 1. The van der Waals surface area contributed by atoms with Gasteiger partial charge in [-0.3, -0.25) is 4.99 Å². The zero-order valence-corrected chi connectivity index (χ0v) is 15.9. The van der Waals surface area contributed by atoms with Gasteiger partial charge in [0.05, 0.1) is 17.1 Å². The molecule has 27 heavy (non-hydrogen) atoms. The average molecular weight is 370 g/mol. The van der Waals surface area contributed by atoms with Crippen molar-refractivity contribution in [3.8, 4) is 5.69 Å². The Balaban J connectivity index is 1.62. The van der Waals surface area contributed by atoms with Crippen LogP contribution in [0.2, 0.25) is 0 Å². The lowest BCUT2D eigenvalue weighted by Crippen LogP contribution is -2.36. The topological polar surface area (TPSA) is 80.3 Å². The van der Waals surface area contributed by atoms with E-state index in [4.69, 9.17) is 4.52 Å². The molecule has 0 saturated heterocycles. The quantitative estimate of drug-likeness (QED) is 0.533. The first-order valence-electron chi connectivity index (χ1n) is 8.65. The van der Waals surface area contributed by atoms with Crippen molar-refractivity contribution in [1.82, 2.24) is 25.6 Å². The van der Waals surface area contributed by atoms with Gasteiger partial charge in [0.25, 0.3) is 0 Å². The lowest BCUT2D eigenvalue weighted by Gasteiger charge is -2.11. The number of aromatic nitrogens is 3. The van der Waals surface area contributed by atoms with Gasteiger partial charge in [0, 0.05) is 37.5 Å². The molecule has 0 aliphatic carbocycles. The normalized spacial score (nSPS) is 11.7. The van der Waals surface area contributed by atoms with Gasteiger partial charge >= 0.3 is 0 Å². The highest BCUT2D eigenvalue weighted by Crippen LogP contribution is 2.13. The number of halogens is 1. The second-order valence-electron chi connectivity index (χ2n) is 6.24. The monoisotopic (exact) mass is 370 g/mol. The predicted molar refractivity (Wildman–Crippen MR) is 101 cm³/mol. The summed E-state index contributed by atoms with van der Waals surface area (Å²) in [5.74, 6) is 1.20. The van der Waals surface area contributed by atoms with Crippen molar-refractivity contribution >= 4 is 5.96 Å². The Morgan fingerprint density at radius 2 is 1.81 bits per heavy atom. The van der Waals surface area contributed by atoms with Gasteiger partial charge in [-0.25, -0.2) is 9.07 Å². The Bertz CT molecular complexity index is 922. The molecule has 0 bridgehead atoms. The maximum absolute atomic E-state index is 13.1. The molecule has 0 atom stereocenters. The van der Waals surface area contributed by atoms with Crippen molar-refractivity contribution in [2.24, 2.45) is 4.99 Å². The van der Waals surface area contributed by atoms with E-state index in [9.17, 15) is 4.39 Å². The molecule has 0 amide bonds. The van der Waals surface area contributed by atoms with Crippen molar-refractivity contribution in [2.45, 2.75) is 33.9 Å². The molecule has 0 radical (unpaired) electrons. The number of rotatable bonds is 5. The van der Waals surface area contributed by atoms with E-state index < -0.39 is 0 Å². The van der Waals surface area contributed by atoms with Crippen molar-refractivity contribution in [3.05, 3.63) is 64.6 Å². The third-order valence-corrected chi connectivity index (χ3v) is 4.38. The molecule has 2 aromatic heterocycles. The van der Waals surface area contributed by atoms with Gasteiger partial charge in [-0.1, -0.05) is 5.16 Å². The molecule has 0 aliphatic rings. The Morgan fingerprint density at radius 1 is 1.11 bits per heavy atom. The summed E-state index contributed by atoms with van der Waals surface area (Å²) in [5, 5.41) is 15.0. The first-order chi connectivity index (χ1) is 13.0. The summed E-state index contributed by atoms with van der Waals surface area (Å²) in [5.41, 5.74) is 4.63. The predicted octanol–water partition coefficient (Wildman–Crippen LogP) is 2.79. The smallest absolute Gasteiger partial charge is 0.191 e. The fraction of sp³-hybridized carbons (Fsp3) is 0.316. The van der Waals surface area contributed by atoms with Crippen LogP contribution in [-0.4, -0.2) is 27.9 Å². The third-order valence-electron chi connectivity index (χ3n) is 4.38. The minimum Gasteiger partial charge on any atom is -0.361 e. The molecule has 3 rings (SSSR count). The number of hydrogen-bond donors (Lipinski definition) is 2. The van der Waals surface area contributed by atoms with Gasteiger partial charge in [0.2, 0.25) is 0 Å². The fourth-order valence-corrected chi connectivity index (χ4v) is 2.72. The maximum atomic E-state index is 13.1. The highest BCUT2D eigenvalue weighted by Gasteiger charge is 2.11. The Morgan fingerprint density at radius 3 is 2.44 bits per heavy atom. The van der Waals surface area contributed by atoms with E-state index in [-0.39, 0.29) is 5.82 Å². The molecule has 8 heteroatoms. The van der Waals surface area contributed by atoms with E-state index in [1.54, 1.807) is 23.9 Å². The largest absolute Gasteiger partial charge is 0.361 e. The first-order valence-corrected chi connectivity index (χ1v) is 8.65. The zero-order chi connectivity index (χ0) is 19.4. The standard InChI is InChI=1S/C19H23FN6O/c1-12-15(11-26(24-12)17-7-5-16(20)6-8-17)9-22-19(21-4)23-10-18-13(2)25-27-14(18)3/h5-8,11H,9-10H2,1-4H3,(H2,21,22,23). The van der Waals surface area contributed by atoms with Crippen molar-refractivity contribution in [3.63, 3.8) is 0 Å². The van der Waals surface area contributed by atoms with E-state index in [1.165, 1.54) is 12.1 Å². The Labute approximate surface area is 157 Å². The molecule has 2 heterocycles. The van der Waals surface area contributed by atoms with Gasteiger partial charge in [-0.05, 0) is 45.0 Å². The summed E-state index contributed by atoms with van der Waals surface area (Å²) in [6.45, 7) is 6.89. The highest BCUT2D eigenvalue weighted by molar-refractivity contribution is 5.79. The summed E-state index contributed by atoms with van der Waals surface area (Å²) in [4.78, 5) is 4.24. The second-order valence-corrected chi connectivity index (χ2v) is 6.24. The molecule has 0 saturated carbocycles. The van der Waals surface area contributed by atoms with Crippen LogP contribution in [0.5, 0.6) is 0 Å². The van der Waals surface area contributed by atoms with Crippen LogP contribution in [-0.2, 0) is 13.1 Å². The minimum atomic E-state index is -0.266. The maximum Gasteiger partial charge on any atom is 0.191 e. The summed E-state index contributed by atoms with van der Waals surface area (Å²) < 4.78 is 20.0. The zero-order valence-electron chi connectivity index (χ0n) is 15.9. The summed E-state index contributed by atoms with van der Waals surface area (Å²) in [6, 6.07) is 6.24. The fourth-order valence-electron chi connectivity index (χ4n) is 2.72. The molecular formula is C19H23FN6O. The van der Waals surface area contributed by atoms with Crippen molar-refractivity contribution in [2.75, 3.05) is 7.05 Å². The molecule has 1 aromatic carbocycles. The van der Waals surface area contributed by atoms with Gasteiger partial charge in [-0.2, -0.15) is 5.10 Å². The van der Waals surface area contributed by atoms with Crippen LogP contribution < -0.4 is 10.6 Å². The van der Waals surface area contributed by atoms with Gasteiger partial charge in [0.1, 0.15) is 11.6 Å². The lowest BCUT2D eigenvalue weighted by atomic mass is 10.2. The van der Waals surface area contributed by atoms with Crippen LogP contribution in [0.15, 0.2) is 40.0 Å². The third kappa shape index (κ3) is 4.33. The molecule has 7 nitrogen and oxygen atoms in total. The van der Waals surface area contributed by atoms with E-state index in [2.05, 4.69) is 25.9 Å². The van der Waals surface area contributed by atoms with E-state index >= 15 is 0 Å². The van der Waals surface area contributed by atoms with Gasteiger partial charge in [0.15, 0.2) is 5.96 Å². The number of nitrogens with one attached hydrogen (secondary N) is 2. The summed E-state index contributed by atoms with van der Waals surface area (Å²) in [7, 11) is 1.72. The summed E-state index contributed by atoms with van der Waals surface area (Å²) in [6.07, 6.45) is 1.93. The van der Waals surface area contributed by atoms with Gasteiger partial charge in [-0.15, -0.1) is 0 Å². The molecule has 0 spiro atoms. The first kappa shape index (κ1) is 18.6. The SMILES string of the molecule is CN=C(NCc1cn(-c2ccc(F)cc2)nc1C)NCc1c(C)noc1C. The second kappa shape index (κ2) is 8.03. The summed E-state index contributed by atoms with van der Waals surface area (Å²) >= 11 is 0. The molecule has 0 aliphatic heterocycles. The van der Waals surface area contributed by atoms with Crippen molar-refractivity contribution < 1.29 is 8.91 Å². The van der Waals surface area contributed by atoms with Crippen LogP contribution in [0.3, 0.4) is 0 Å².